The quantitative estimate of drug-likeness (QED) is 0.553. The second kappa shape index (κ2) is 4.12. The van der Waals surface area contributed by atoms with Crippen LogP contribution >= 0.6 is 0 Å². The molecule has 5 heteroatoms. The summed E-state index contributed by atoms with van der Waals surface area (Å²) in [6.07, 6.45) is -3.21. The van der Waals surface area contributed by atoms with Gasteiger partial charge < -0.3 is 24.8 Å². The van der Waals surface area contributed by atoms with E-state index in [9.17, 15) is 15.3 Å². The van der Waals surface area contributed by atoms with E-state index < -0.39 is 30.2 Å². The van der Waals surface area contributed by atoms with Gasteiger partial charge in [0, 0.05) is 7.11 Å². The lowest BCUT2D eigenvalue weighted by Crippen LogP contribution is -2.65. The smallest absolute Gasteiger partial charge is 0.186 e. The van der Waals surface area contributed by atoms with Gasteiger partial charge in [-0.1, -0.05) is 6.92 Å². The van der Waals surface area contributed by atoms with Crippen LogP contribution < -0.4 is 0 Å². The van der Waals surface area contributed by atoms with Gasteiger partial charge in [-0.3, -0.25) is 0 Å². The Morgan fingerprint density at radius 3 is 2.36 bits per heavy atom. The number of hydrogen-bond acceptors (Lipinski definition) is 5. The molecule has 0 amide bonds. The largest absolute Gasteiger partial charge is 0.387 e. The SMILES string of the molecule is CCC1OC(OC)C(O)C(C)(O)C1O. The molecule has 3 N–H and O–H groups in total. The molecule has 0 bridgehead atoms. The van der Waals surface area contributed by atoms with Crippen molar-refractivity contribution >= 4 is 0 Å². The highest BCUT2D eigenvalue weighted by Crippen LogP contribution is 2.31. The zero-order chi connectivity index (χ0) is 10.9. The maximum atomic E-state index is 9.85. The molecular weight excluding hydrogens is 188 g/mol. The zero-order valence-electron chi connectivity index (χ0n) is 8.67. The van der Waals surface area contributed by atoms with Crippen molar-refractivity contribution in [2.45, 2.75) is 50.5 Å². The van der Waals surface area contributed by atoms with Crippen molar-refractivity contribution in [2.24, 2.45) is 0 Å². The minimum absolute atomic E-state index is 0.515. The summed E-state index contributed by atoms with van der Waals surface area (Å²) in [6.45, 7) is 3.20. The van der Waals surface area contributed by atoms with E-state index in [1.54, 1.807) is 0 Å². The molecule has 0 spiro atoms. The molecule has 1 fully saturated rings. The lowest BCUT2D eigenvalue weighted by molar-refractivity contribution is -0.319. The highest BCUT2D eigenvalue weighted by atomic mass is 16.7. The first-order valence-electron chi connectivity index (χ1n) is 4.71. The van der Waals surface area contributed by atoms with Gasteiger partial charge in [0.2, 0.25) is 0 Å². The van der Waals surface area contributed by atoms with Crippen molar-refractivity contribution in [1.29, 1.82) is 0 Å². The number of aliphatic hydroxyl groups is 3. The molecular formula is C9H18O5. The van der Waals surface area contributed by atoms with Crippen molar-refractivity contribution in [2.75, 3.05) is 7.11 Å². The van der Waals surface area contributed by atoms with Gasteiger partial charge in [0.25, 0.3) is 0 Å². The fourth-order valence-corrected chi connectivity index (χ4v) is 1.65. The summed E-state index contributed by atoms with van der Waals surface area (Å²) in [5.74, 6) is 0. The number of aliphatic hydroxyl groups excluding tert-OH is 2. The highest BCUT2D eigenvalue weighted by Gasteiger charge is 2.51. The molecule has 1 saturated heterocycles. The average Bonchev–Trinajstić information content (AvgIpc) is 2.16. The van der Waals surface area contributed by atoms with E-state index >= 15 is 0 Å². The standard InChI is InChI=1S/C9H18O5/c1-4-5-6(10)9(2,12)7(11)8(13-3)14-5/h5-8,10-12H,4H2,1-3H3. The molecule has 1 heterocycles. The molecule has 1 aliphatic rings. The van der Waals surface area contributed by atoms with E-state index in [2.05, 4.69) is 0 Å². The maximum absolute atomic E-state index is 9.85. The van der Waals surface area contributed by atoms with Gasteiger partial charge >= 0.3 is 0 Å². The van der Waals surface area contributed by atoms with Crippen LogP contribution in [0.1, 0.15) is 20.3 Å². The Bertz CT molecular complexity index is 176. The molecule has 0 aromatic carbocycles. The lowest BCUT2D eigenvalue weighted by Gasteiger charge is -2.45. The molecule has 84 valence electrons. The maximum Gasteiger partial charge on any atom is 0.186 e. The predicted octanol–water partition coefficient (Wildman–Crippen LogP) is -0.760. The van der Waals surface area contributed by atoms with Crippen molar-refractivity contribution in [1.82, 2.24) is 0 Å². The molecule has 14 heavy (non-hydrogen) atoms. The van der Waals surface area contributed by atoms with Crippen molar-refractivity contribution < 1.29 is 24.8 Å². The second-order valence-electron chi connectivity index (χ2n) is 3.80. The van der Waals surface area contributed by atoms with Crippen LogP contribution in [0.2, 0.25) is 0 Å². The molecule has 0 aliphatic carbocycles. The first-order chi connectivity index (χ1) is 6.45. The van der Waals surface area contributed by atoms with E-state index in [1.807, 2.05) is 6.92 Å². The third-order valence-corrected chi connectivity index (χ3v) is 2.75. The Hall–Kier alpha value is -0.200. The average molecular weight is 206 g/mol. The number of methoxy groups -OCH3 is 1. The van der Waals surface area contributed by atoms with Gasteiger partial charge in [-0.2, -0.15) is 0 Å². The highest BCUT2D eigenvalue weighted by molar-refractivity contribution is 4.98. The Morgan fingerprint density at radius 2 is 1.93 bits per heavy atom. The Labute approximate surface area is 83.3 Å². The van der Waals surface area contributed by atoms with E-state index in [1.165, 1.54) is 14.0 Å². The molecule has 1 rings (SSSR count). The first kappa shape index (κ1) is 11.9. The summed E-state index contributed by atoms with van der Waals surface area (Å²) in [5, 5.41) is 29.2. The molecule has 0 radical (unpaired) electrons. The summed E-state index contributed by atoms with van der Waals surface area (Å²) in [7, 11) is 1.38. The summed E-state index contributed by atoms with van der Waals surface area (Å²) < 4.78 is 10.1. The monoisotopic (exact) mass is 206 g/mol. The Morgan fingerprint density at radius 1 is 1.36 bits per heavy atom. The van der Waals surface area contributed by atoms with Crippen LogP contribution in [-0.4, -0.2) is 52.6 Å². The van der Waals surface area contributed by atoms with E-state index in [0.29, 0.717) is 6.42 Å². The van der Waals surface area contributed by atoms with Crippen LogP contribution in [0.4, 0.5) is 0 Å². The first-order valence-corrected chi connectivity index (χ1v) is 4.71. The van der Waals surface area contributed by atoms with E-state index in [0.717, 1.165) is 0 Å². The molecule has 5 atom stereocenters. The number of hydrogen-bond donors (Lipinski definition) is 3. The van der Waals surface area contributed by atoms with Crippen molar-refractivity contribution in [3.8, 4) is 0 Å². The predicted molar refractivity (Wildman–Crippen MR) is 48.6 cm³/mol. The fourth-order valence-electron chi connectivity index (χ4n) is 1.65. The molecule has 5 unspecified atom stereocenters. The van der Waals surface area contributed by atoms with Crippen molar-refractivity contribution in [3.63, 3.8) is 0 Å². The second-order valence-corrected chi connectivity index (χ2v) is 3.80. The zero-order valence-corrected chi connectivity index (χ0v) is 8.67. The van der Waals surface area contributed by atoms with E-state index in [-0.39, 0.29) is 0 Å². The van der Waals surface area contributed by atoms with Crippen LogP contribution in [0.3, 0.4) is 0 Å². The van der Waals surface area contributed by atoms with Crippen LogP contribution in [0.5, 0.6) is 0 Å². The van der Waals surface area contributed by atoms with Crippen molar-refractivity contribution in [3.05, 3.63) is 0 Å². The van der Waals surface area contributed by atoms with Crippen LogP contribution in [0, 0.1) is 0 Å². The third kappa shape index (κ3) is 1.78. The third-order valence-electron chi connectivity index (χ3n) is 2.75. The minimum atomic E-state index is -1.60. The fraction of sp³-hybridized carbons (Fsp3) is 1.00. The van der Waals surface area contributed by atoms with Gasteiger partial charge in [0.15, 0.2) is 6.29 Å². The topological polar surface area (TPSA) is 79.2 Å². The van der Waals surface area contributed by atoms with Crippen LogP contribution in [0.25, 0.3) is 0 Å². The van der Waals surface area contributed by atoms with Gasteiger partial charge in [-0.25, -0.2) is 0 Å². The summed E-state index contributed by atoms with van der Waals surface area (Å²) in [5.41, 5.74) is -1.60. The minimum Gasteiger partial charge on any atom is -0.387 e. The Balaban J connectivity index is 2.84. The summed E-state index contributed by atoms with van der Waals surface area (Å²) in [6, 6.07) is 0. The molecule has 0 aromatic rings. The molecule has 0 aromatic heterocycles. The summed E-state index contributed by atoms with van der Waals surface area (Å²) in [4.78, 5) is 0. The van der Waals surface area contributed by atoms with Crippen LogP contribution in [-0.2, 0) is 9.47 Å². The lowest BCUT2D eigenvalue weighted by atomic mass is 9.85. The summed E-state index contributed by atoms with van der Waals surface area (Å²) >= 11 is 0. The normalized spacial score (nSPS) is 49.3. The number of rotatable bonds is 2. The van der Waals surface area contributed by atoms with E-state index in [4.69, 9.17) is 9.47 Å². The van der Waals surface area contributed by atoms with Gasteiger partial charge in [-0.05, 0) is 13.3 Å². The van der Waals surface area contributed by atoms with Gasteiger partial charge in [0.1, 0.15) is 17.8 Å². The van der Waals surface area contributed by atoms with Crippen LogP contribution in [0.15, 0.2) is 0 Å². The van der Waals surface area contributed by atoms with Gasteiger partial charge in [0.05, 0.1) is 6.10 Å². The van der Waals surface area contributed by atoms with Gasteiger partial charge in [-0.15, -0.1) is 0 Å². The number of ether oxygens (including phenoxy) is 2. The molecule has 5 nitrogen and oxygen atoms in total. The molecule has 0 saturated carbocycles. The Kier molecular flexibility index (Phi) is 3.49. The molecule has 1 aliphatic heterocycles.